The van der Waals surface area contributed by atoms with Gasteiger partial charge in [0.1, 0.15) is 0 Å². The van der Waals surface area contributed by atoms with Crippen LogP contribution in [0.1, 0.15) is 112 Å². The van der Waals surface area contributed by atoms with Crippen molar-refractivity contribution in [1.82, 2.24) is 40.0 Å². The van der Waals surface area contributed by atoms with Crippen molar-refractivity contribution in [3.8, 4) is 0 Å². The van der Waals surface area contributed by atoms with Gasteiger partial charge in [-0.3, -0.25) is 4.68 Å². The van der Waals surface area contributed by atoms with E-state index in [1.807, 2.05) is 21.5 Å². The van der Waals surface area contributed by atoms with Crippen LogP contribution in [-0.4, -0.2) is 49.1 Å². The van der Waals surface area contributed by atoms with Gasteiger partial charge in [-0.25, -0.2) is 14.5 Å². The number of aromatic nitrogens is 6. The van der Waals surface area contributed by atoms with Crippen LogP contribution in [0.15, 0.2) is 37.3 Å². The van der Waals surface area contributed by atoms with Crippen LogP contribution in [-0.2, 0) is 11.3 Å². The van der Waals surface area contributed by atoms with Crippen LogP contribution in [0.5, 0.6) is 0 Å². The highest BCUT2D eigenvalue weighted by atomic mass is 16.5. The van der Waals surface area contributed by atoms with E-state index in [9.17, 15) is 0 Å². The molecule has 3 fully saturated rings. The minimum absolute atomic E-state index is 0.0705. The first kappa shape index (κ1) is 29.3. The summed E-state index contributed by atoms with van der Waals surface area (Å²) in [6.07, 6.45) is 17.3. The summed E-state index contributed by atoms with van der Waals surface area (Å²) in [6, 6.07) is 2.10. The second-order valence-corrected chi connectivity index (χ2v) is 11.8. The zero-order valence-corrected chi connectivity index (χ0v) is 25.1. The smallest absolute Gasteiger partial charge is 0.251 e. The highest BCUT2D eigenvalue weighted by Gasteiger charge is 2.29. The number of ether oxygens (including phenoxy) is 1. The van der Waals surface area contributed by atoms with E-state index >= 15 is 0 Å². The lowest BCUT2D eigenvalue weighted by Gasteiger charge is -2.27. The Bertz CT molecular complexity index is 1290. The molecule has 1 atom stereocenters. The van der Waals surface area contributed by atoms with Crippen LogP contribution in [0.25, 0.3) is 11.5 Å². The molecule has 3 aliphatic rings. The molecule has 3 aromatic heterocycles. The Labute approximate surface area is 244 Å². The number of rotatable bonds is 7. The zero-order valence-electron chi connectivity index (χ0n) is 25.1. The van der Waals surface area contributed by atoms with Crippen molar-refractivity contribution in [3.63, 3.8) is 0 Å². The predicted molar refractivity (Wildman–Crippen MR) is 163 cm³/mol. The Hall–Kier alpha value is -3.20. The Balaban J connectivity index is 0.000000423. The first-order valence-corrected chi connectivity index (χ1v) is 15.7. The molecule has 6 rings (SSSR count). The lowest BCUT2D eigenvalue weighted by atomic mass is 9.89. The Morgan fingerprint density at radius 2 is 1.88 bits per heavy atom. The lowest BCUT2D eigenvalue weighted by Crippen LogP contribution is -2.28. The Morgan fingerprint density at radius 1 is 1.10 bits per heavy atom. The second-order valence-electron chi connectivity index (χ2n) is 11.8. The zero-order chi connectivity index (χ0) is 28.6. The van der Waals surface area contributed by atoms with Gasteiger partial charge in [0.25, 0.3) is 5.78 Å². The molecular formula is C32H48N8O. The molecule has 222 valence electrons. The van der Waals surface area contributed by atoms with Crippen molar-refractivity contribution in [2.75, 3.05) is 19.8 Å². The van der Waals surface area contributed by atoms with Gasteiger partial charge >= 0.3 is 0 Å². The van der Waals surface area contributed by atoms with Crippen molar-refractivity contribution >= 4 is 11.5 Å². The van der Waals surface area contributed by atoms with Crippen LogP contribution in [0.3, 0.4) is 0 Å². The fourth-order valence-electron chi connectivity index (χ4n) is 6.43. The minimum atomic E-state index is 0.0705. The molecule has 1 aliphatic carbocycles. The molecule has 2 aliphatic heterocycles. The molecule has 2 saturated heterocycles. The van der Waals surface area contributed by atoms with E-state index in [2.05, 4.69) is 48.9 Å². The number of aryl methyl sites for hydroxylation is 2. The molecule has 0 amide bonds. The van der Waals surface area contributed by atoms with E-state index in [0.29, 0.717) is 17.6 Å². The third kappa shape index (κ3) is 7.36. The second kappa shape index (κ2) is 14.1. The molecule has 1 saturated carbocycles. The third-order valence-electron chi connectivity index (χ3n) is 8.77. The van der Waals surface area contributed by atoms with Gasteiger partial charge in [0, 0.05) is 44.1 Å². The lowest BCUT2D eigenvalue weighted by molar-refractivity contribution is 0.0842. The monoisotopic (exact) mass is 560 g/mol. The molecule has 41 heavy (non-hydrogen) atoms. The van der Waals surface area contributed by atoms with Crippen molar-refractivity contribution in [1.29, 1.82) is 0 Å². The van der Waals surface area contributed by atoms with Crippen LogP contribution in [0.2, 0.25) is 0 Å². The van der Waals surface area contributed by atoms with E-state index in [1.165, 1.54) is 63.5 Å². The standard InChI is InChI=1S/C26H37N7O.C6H11N/c1-4-32-23(11-14-27-32)18(2)28-25(20-9-7-5-6-8-10-20)22-17-33-26(29-22)30-24(19(3)31-33)21-12-15-34-16-13-21;1-6-4-2-3-5-7-6/h11,14,17,20-21,25,28H,2,4-10,12-13,15-16H2,1,3H3;7H,1-5H2. The van der Waals surface area contributed by atoms with Crippen LogP contribution < -0.4 is 10.6 Å². The molecule has 2 N–H and O–H groups in total. The summed E-state index contributed by atoms with van der Waals surface area (Å²) in [4.78, 5) is 10.0. The summed E-state index contributed by atoms with van der Waals surface area (Å²) in [5.74, 6) is 1.58. The first-order chi connectivity index (χ1) is 20.0. The van der Waals surface area contributed by atoms with Crippen molar-refractivity contribution < 1.29 is 4.74 Å². The van der Waals surface area contributed by atoms with Gasteiger partial charge in [-0.15, -0.1) is 0 Å². The molecule has 0 aromatic carbocycles. The van der Waals surface area contributed by atoms with Crippen molar-refractivity contribution in [3.05, 3.63) is 60.1 Å². The average molecular weight is 561 g/mol. The van der Waals surface area contributed by atoms with Crippen LogP contribution >= 0.6 is 0 Å². The summed E-state index contributed by atoms with van der Waals surface area (Å²) < 4.78 is 9.39. The summed E-state index contributed by atoms with van der Waals surface area (Å²) >= 11 is 0. The molecule has 0 radical (unpaired) electrons. The number of nitrogens with one attached hydrogen (secondary N) is 2. The summed E-state index contributed by atoms with van der Waals surface area (Å²) in [5, 5.41) is 16.2. The van der Waals surface area contributed by atoms with E-state index in [4.69, 9.17) is 19.8 Å². The van der Waals surface area contributed by atoms with Gasteiger partial charge in [0.05, 0.1) is 40.7 Å². The molecule has 9 heteroatoms. The summed E-state index contributed by atoms with van der Waals surface area (Å²) in [5.41, 5.74) is 6.19. The maximum Gasteiger partial charge on any atom is 0.251 e. The first-order valence-electron chi connectivity index (χ1n) is 15.7. The number of hydrogen-bond acceptors (Lipinski definition) is 7. The Kier molecular flexibility index (Phi) is 10.1. The van der Waals surface area contributed by atoms with Gasteiger partial charge in [0.15, 0.2) is 0 Å². The molecule has 3 aromatic rings. The van der Waals surface area contributed by atoms with Gasteiger partial charge in [-0.1, -0.05) is 38.8 Å². The molecule has 5 heterocycles. The van der Waals surface area contributed by atoms with Crippen molar-refractivity contribution in [2.24, 2.45) is 5.92 Å². The number of fused-ring (bicyclic) bond motifs is 1. The Morgan fingerprint density at radius 3 is 2.54 bits per heavy atom. The third-order valence-corrected chi connectivity index (χ3v) is 8.77. The van der Waals surface area contributed by atoms with Gasteiger partial charge in [-0.05, 0) is 70.8 Å². The number of hydrogen-bond donors (Lipinski definition) is 2. The van der Waals surface area contributed by atoms with Gasteiger partial charge in [-0.2, -0.15) is 10.2 Å². The van der Waals surface area contributed by atoms with Gasteiger partial charge in [0.2, 0.25) is 0 Å². The number of piperidine rings is 1. The molecule has 1 unspecified atom stereocenters. The van der Waals surface area contributed by atoms with Crippen LogP contribution in [0.4, 0.5) is 0 Å². The van der Waals surface area contributed by atoms with E-state index < -0.39 is 0 Å². The number of nitrogens with zero attached hydrogens (tertiary/aromatic N) is 6. The minimum Gasteiger partial charge on any atom is -0.389 e. The molecule has 0 bridgehead atoms. The topological polar surface area (TPSA) is 94.2 Å². The number of allylic oxidation sites excluding steroid dienone is 1. The van der Waals surface area contributed by atoms with Crippen molar-refractivity contribution in [2.45, 2.75) is 103 Å². The fraction of sp³-hybridized carbons (Fsp3) is 0.625. The van der Waals surface area contributed by atoms with Gasteiger partial charge < -0.3 is 15.4 Å². The van der Waals surface area contributed by atoms with Crippen LogP contribution in [0, 0.1) is 12.8 Å². The normalized spacial score (nSPS) is 19.6. The SMILES string of the molecule is C=C(NC(c1cn2nc(C)c(C3CCOCC3)nc2n1)C1CCCCCC1)c1ccnn1CC.C=C1CCCCN1. The quantitative estimate of drug-likeness (QED) is 0.338. The average Bonchev–Trinajstić information content (AvgIpc) is 3.55. The number of imidazole rings is 1. The fourth-order valence-corrected chi connectivity index (χ4v) is 6.43. The largest absolute Gasteiger partial charge is 0.389 e. The maximum absolute atomic E-state index is 5.55. The maximum atomic E-state index is 5.55. The molecular weight excluding hydrogens is 512 g/mol. The molecule has 9 nitrogen and oxygen atoms in total. The highest BCUT2D eigenvalue weighted by molar-refractivity contribution is 5.59. The van der Waals surface area contributed by atoms with E-state index in [0.717, 1.165) is 67.6 Å². The van der Waals surface area contributed by atoms with E-state index in [-0.39, 0.29) is 6.04 Å². The molecule has 0 spiro atoms. The van der Waals surface area contributed by atoms with E-state index in [1.54, 1.807) is 0 Å². The highest BCUT2D eigenvalue weighted by Crippen LogP contribution is 2.35. The summed E-state index contributed by atoms with van der Waals surface area (Å²) in [6.45, 7) is 15.9. The summed E-state index contributed by atoms with van der Waals surface area (Å²) in [7, 11) is 0. The predicted octanol–water partition coefficient (Wildman–Crippen LogP) is 6.09.